The average Bonchev–Trinajstić information content (AvgIpc) is 2.65. The maximum Gasteiger partial charge on any atom is 0.166 e. The lowest BCUT2D eigenvalue weighted by molar-refractivity contribution is 0.269. The summed E-state index contributed by atoms with van der Waals surface area (Å²) in [5, 5.41) is 0.933. The highest BCUT2D eigenvalue weighted by Gasteiger charge is 2.21. The van der Waals surface area contributed by atoms with Gasteiger partial charge in [0.05, 0.1) is 19.7 Å². The molecule has 3 rings (SSSR count). The minimum absolute atomic E-state index is 0.433. The number of ether oxygens (including phenoxy) is 2. The minimum Gasteiger partial charge on any atom is -0.493 e. The standard InChI is InChI=1S/C16H23N4O4P/c1-23-14-9-12-13(10-15(14)24-2)17-11-18-16(12)20-5-3-19(4-6-20)7-8-25(21)22/h9-11,21-22H,3-8H2,1-2H3. The number of aromatic nitrogens is 2. The van der Waals surface area contributed by atoms with Gasteiger partial charge in [-0.15, -0.1) is 0 Å². The van der Waals surface area contributed by atoms with Crippen LogP contribution in [-0.2, 0) is 0 Å². The SMILES string of the molecule is COc1cc2ncnc(N3CCN(CCP(O)O)CC3)c2cc1OC. The third-order valence-electron chi connectivity index (χ3n) is 4.41. The molecule has 1 aliphatic heterocycles. The number of nitrogens with zero attached hydrogens (tertiary/aromatic N) is 4. The zero-order chi connectivity index (χ0) is 17.8. The third kappa shape index (κ3) is 4.10. The summed E-state index contributed by atoms with van der Waals surface area (Å²) in [5.74, 6) is 2.19. The van der Waals surface area contributed by atoms with Crippen LogP contribution in [-0.4, -0.2) is 77.8 Å². The number of methoxy groups -OCH3 is 2. The van der Waals surface area contributed by atoms with E-state index < -0.39 is 8.38 Å². The Morgan fingerprint density at radius 1 is 1.04 bits per heavy atom. The van der Waals surface area contributed by atoms with E-state index in [0.29, 0.717) is 24.2 Å². The van der Waals surface area contributed by atoms with Gasteiger partial charge >= 0.3 is 0 Å². The molecule has 1 aromatic heterocycles. The van der Waals surface area contributed by atoms with Crippen LogP contribution in [0.2, 0.25) is 0 Å². The number of piperazine rings is 1. The van der Waals surface area contributed by atoms with Crippen LogP contribution in [0.25, 0.3) is 10.9 Å². The molecule has 2 N–H and O–H groups in total. The van der Waals surface area contributed by atoms with Gasteiger partial charge in [-0.05, 0) is 6.07 Å². The van der Waals surface area contributed by atoms with Crippen molar-refractivity contribution < 1.29 is 19.3 Å². The van der Waals surface area contributed by atoms with Crippen molar-refractivity contribution in [3.63, 3.8) is 0 Å². The van der Waals surface area contributed by atoms with Crippen LogP contribution in [0, 0.1) is 0 Å². The summed E-state index contributed by atoms with van der Waals surface area (Å²) in [5.41, 5.74) is 0.816. The molecule has 0 amide bonds. The number of benzene rings is 1. The molecule has 1 saturated heterocycles. The summed E-state index contributed by atoms with van der Waals surface area (Å²) in [6.07, 6.45) is 2.00. The molecule has 1 aromatic carbocycles. The Labute approximate surface area is 147 Å². The Morgan fingerprint density at radius 2 is 1.72 bits per heavy atom. The number of hydrogen-bond acceptors (Lipinski definition) is 8. The second-order valence-electron chi connectivity index (χ2n) is 5.85. The molecule has 8 nitrogen and oxygen atoms in total. The maximum absolute atomic E-state index is 9.07. The molecule has 25 heavy (non-hydrogen) atoms. The lowest BCUT2D eigenvalue weighted by atomic mass is 10.2. The molecule has 9 heteroatoms. The van der Waals surface area contributed by atoms with Crippen molar-refractivity contribution in [3.05, 3.63) is 18.5 Å². The van der Waals surface area contributed by atoms with Gasteiger partial charge in [-0.1, -0.05) is 0 Å². The van der Waals surface area contributed by atoms with Crippen molar-refractivity contribution in [2.24, 2.45) is 0 Å². The molecule has 0 aliphatic carbocycles. The van der Waals surface area contributed by atoms with Crippen LogP contribution >= 0.6 is 8.38 Å². The second kappa shape index (κ2) is 8.10. The monoisotopic (exact) mass is 366 g/mol. The highest BCUT2D eigenvalue weighted by atomic mass is 31.2. The van der Waals surface area contributed by atoms with Gasteiger partial charge in [0.2, 0.25) is 0 Å². The summed E-state index contributed by atoms with van der Waals surface area (Å²) >= 11 is 0. The smallest absolute Gasteiger partial charge is 0.166 e. The molecule has 0 radical (unpaired) electrons. The van der Waals surface area contributed by atoms with Crippen LogP contribution in [0.4, 0.5) is 5.82 Å². The van der Waals surface area contributed by atoms with Gasteiger partial charge in [-0.25, -0.2) is 9.97 Å². The van der Waals surface area contributed by atoms with Gasteiger partial charge in [-0.2, -0.15) is 0 Å². The Balaban J connectivity index is 1.80. The van der Waals surface area contributed by atoms with Gasteiger partial charge in [-0.3, -0.25) is 4.90 Å². The second-order valence-corrected chi connectivity index (χ2v) is 7.04. The molecule has 0 spiro atoms. The van der Waals surface area contributed by atoms with Crippen LogP contribution in [0.3, 0.4) is 0 Å². The Kier molecular flexibility index (Phi) is 5.86. The molecule has 2 aromatic rings. The van der Waals surface area contributed by atoms with Crippen molar-refractivity contribution in [2.45, 2.75) is 0 Å². The first kappa shape index (κ1) is 18.1. The third-order valence-corrected chi connectivity index (χ3v) is 5.01. The molecule has 0 bridgehead atoms. The van der Waals surface area contributed by atoms with E-state index in [1.165, 1.54) is 0 Å². The molecule has 1 fully saturated rings. The summed E-state index contributed by atoms with van der Waals surface area (Å²) in [4.78, 5) is 31.4. The summed E-state index contributed by atoms with van der Waals surface area (Å²) in [7, 11) is 1.40. The fourth-order valence-electron chi connectivity index (χ4n) is 3.04. The maximum atomic E-state index is 9.07. The fraction of sp³-hybridized carbons (Fsp3) is 0.500. The molecule has 0 saturated carbocycles. The van der Waals surface area contributed by atoms with Crippen molar-refractivity contribution in [3.8, 4) is 11.5 Å². The minimum atomic E-state index is -1.82. The van der Waals surface area contributed by atoms with E-state index in [4.69, 9.17) is 19.3 Å². The van der Waals surface area contributed by atoms with E-state index in [1.807, 2.05) is 12.1 Å². The predicted molar refractivity (Wildman–Crippen MR) is 97.5 cm³/mol. The van der Waals surface area contributed by atoms with Gasteiger partial charge in [0, 0.05) is 50.3 Å². The Hall–Kier alpha value is -1.73. The molecule has 136 valence electrons. The van der Waals surface area contributed by atoms with E-state index in [0.717, 1.165) is 42.9 Å². The van der Waals surface area contributed by atoms with Crippen LogP contribution in [0.15, 0.2) is 18.5 Å². The zero-order valence-electron chi connectivity index (χ0n) is 14.4. The quantitative estimate of drug-likeness (QED) is 0.734. The van der Waals surface area contributed by atoms with Crippen LogP contribution < -0.4 is 14.4 Å². The van der Waals surface area contributed by atoms with Crippen molar-refractivity contribution in [1.29, 1.82) is 0 Å². The highest BCUT2D eigenvalue weighted by molar-refractivity contribution is 7.45. The predicted octanol–water partition coefficient (Wildman–Crippen LogP) is 1.07. The molecule has 1 aliphatic rings. The molecular formula is C16H23N4O4P. The highest BCUT2D eigenvalue weighted by Crippen LogP contribution is 2.35. The molecular weight excluding hydrogens is 343 g/mol. The number of fused-ring (bicyclic) bond motifs is 1. The first-order valence-corrected chi connectivity index (χ1v) is 9.55. The van der Waals surface area contributed by atoms with E-state index in [2.05, 4.69) is 19.8 Å². The number of anilines is 1. The first-order valence-electron chi connectivity index (χ1n) is 8.11. The Bertz CT molecular complexity index is 723. The van der Waals surface area contributed by atoms with Crippen molar-refractivity contribution in [2.75, 3.05) is 58.0 Å². The summed E-state index contributed by atoms with van der Waals surface area (Å²) in [6, 6.07) is 3.78. The Morgan fingerprint density at radius 3 is 2.36 bits per heavy atom. The van der Waals surface area contributed by atoms with E-state index in [-0.39, 0.29) is 0 Å². The van der Waals surface area contributed by atoms with Crippen LogP contribution in [0.5, 0.6) is 11.5 Å². The topological polar surface area (TPSA) is 91.2 Å². The number of rotatable bonds is 6. The lowest BCUT2D eigenvalue weighted by Gasteiger charge is -2.35. The first-order chi connectivity index (χ1) is 12.1. The molecule has 0 unspecified atom stereocenters. The van der Waals surface area contributed by atoms with E-state index in [1.54, 1.807) is 20.5 Å². The van der Waals surface area contributed by atoms with Crippen molar-refractivity contribution >= 4 is 25.1 Å². The lowest BCUT2D eigenvalue weighted by Crippen LogP contribution is -2.47. The summed E-state index contributed by atoms with van der Waals surface area (Å²) in [6.45, 7) is 4.09. The van der Waals surface area contributed by atoms with Gasteiger partial charge in [0.15, 0.2) is 19.9 Å². The fourth-order valence-corrected chi connectivity index (χ4v) is 3.50. The summed E-state index contributed by atoms with van der Waals surface area (Å²) < 4.78 is 10.8. The average molecular weight is 366 g/mol. The van der Waals surface area contributed by atoms with Crippen LogP contribution in [0.1, 0.15) is 0 Å². The van der Waals surface area contributed by atoms with Crippen molar-refractivity contribution in [1.82, 2.24) is 14.9 Å². The number of hydrogen-bond donors (Lipinski definition) is 2. The van der Waals surface area contributed by atoms with E-state index in [9.17, 15) is 0 Å². The van der Waals surface area contributed by atoms with E-state index >= 15 is 0 Å². The largest absolute Gasteiger partial charge is 0.493 e. The van der Waals surface area contributed by atoms with Gasteiger partial charge in [0.25, 0.3) is 0 Å². The van der Waals surface area contributed by atoms with Gasteiger partial charge in [0.1, 0.15) is 12.1 Å². The molecule has 0 atom stereocenters. The molecule has 2 heterocycles. The zero-order valence-corrected chi connectivity index (χ0v) is 15.3. The van der Waals surface area contributed by atoms with Gasteiger partial charge < -0.3 is 24.2 Å². The normalized spacial score (nSPS) is 15.8.